The van der Waals surface area contributed by atoms with Crippen LogP contribution in [0.3, 0.4) is 0 Å². The molecule has 0 unspecified atom stereocenters. The van der Waals surface area contributed by atoms with E-state index in [-0.39, 0.29) is 18.6 Å². The highest BCUT2D eigenvalue weighted by molar-refractivity contribution is 9.10. The summed E-state index contributed by atoms with van der Waals surface area (Å²) in [5, 5.41) is 2.86. The summed E-state index contributed by atoms with van der Waals surface area (Å²) in [5.74, 6) is -0.133. The van der Waals surface area contributed by atoms with Crippen molar-refractivity contribution in [3.8, 4) is 0 Å². The normalized spacial score (nSPS) is 12.2. The topological polar surface area (TPSA) is 64.3 Å². The van der Waals surface area contributed by atoms with E-state index in [0.29, 0.717) is 13.2 Å². The van der Waals surface area contributed by atoms with Gasteiger partial charge in [0.15, 0.2) is 0 Å². The average Bonchev–Trinajstić information content (AvgIpc) is 2.29. The zero-order valence-electron chi connectivity index (χ0n) is 9.78. The molecule has 0 aliphatic carbocycles. The van der Waals surface area contributed by atoms with Gasteiger partial charge in [0.25, 0.3) is 0 Å². The summed E-state index contributed by atoms with van der Waals surface area (Å²) in [5.41, 5.74) is 6.31. The zero-order valence-corrected chi connectivity index (χ0v) is 11.4. The lowest BCUT2D eigenvalue weighted by atomic mass is 10.1. The third-order valence-corrected chi connectivity index (χ3v) is 2.71. The molecule has 0 saturated heterocycles. The first kappa shape index (κ1) is 14.2. The van der Waals surface area contributed by atoms with Crippen LogP contribution in [0.5, 0.6) is 0 Å². The molecule has 0 aliphatic rings. The first-order valence-electron chi connectivity index (χ1n) is 5.46. The van der Waals surface area contributed by atoms with Gasteiger partial charge in [-0.05, 0) is 24.6 Å². The van der Waals surface area contributed by atoms with E-state index in [1.807, 2.05) is 31.2 Å². The van der Waals surface area contributed by atoms with Gasteiger partial charge in [0.1, 0.15) is 6.61 Å². The molecule has 0 fully saturated rings. The molecule has 1 atom stereocenters. The molecular weight excluding hydrogens is 284 g/mol. The van der Waals surface area contributed by atoms with Crippen molar-refractivity contribution < 1.29 is 9.53 Å². The number of carbonyl (C=O) groups excluding carboxylic acids is 1. The van der Waals surface area contributed by atoms with Crippen LogP contribution in [-0.2, 0) is 9.53 Å². The SMILES string of the molecule is C[C@H](NC(=O)COCCN)c1cccc(Br)c1. The Hall–Kier alpha value is -0.910. The summed E-state index contributed by atoms with van der Waals surface area (Å²) in [6.07, 6.45) is 0. The van der Waals surface area contributed by atoms with Gasteiger partial charge in [-0.2, -0.15) is 0 Å². The van der Waals surface area contributed by atoms with Gasteiger partial charge in [-0.15, -0.1) is 0 Å². The Morgan fingerprint density at radius 3 is 3.00 bits per heavy atom. The van der Waals surface area contributed by atoms with Gasteiger partial charge in [0.05, 0.1) is 12.6 Å². The largest absolute Gasteiger partial charge is 0.370 e. The number of hydrogen-bond acceptors (Lipinski definition) is 3. The Labute approximate surface area is 110 Å². The van der Waals surface area contributed by atoms with Crippen LogP contribution in [0, 0.1) is 0 Å². The summed E-state index contributed by atoms with van der Waals surface area (Å²) in [6.45, 7) is 2.81. The van der Waals surface area contributed by atoms with Gasteiger partial charge in [-0.25, -0.2) is 0 Å². The van der Waals surface area contributed by atoms with Crippen molar-refractivity contribution >= 4 is 21.8 Å². The van der Waals surface area contributed by atoms with Gasteiger partial charge in [0.2, 0.25) is 5.91 Å². The fourth-order valence-corrected chi connectivity index (χ4v) is 1.81. The molecule has 0 aromatic heterocycles. The number of hydrogen-bond donors (Lipinski definition) is 2. The van der Waals surface area contributed by atoms with Gasteiger partial charge < -0.3 is 15.8 Å². The molecule has 1 amide bonds. The van der Waals surface area contributed by atoms with E-state index in [4.69, 9.17) is 10.5 Å². The maximum absolute atomic E-state index is 11.5. The molecule has 0 saturated carbocycles. The fourth-order valence-electron chi connectivity index (χ4n) is 1.39. The van der Waals surface area contributed by atoms with Crippen molar-refractivity contribution in [1.29, 1.82) is 0 Å². The molecule has 1 rings (SSSR count). The minimum Gasteiger partial charge on any atom is -0.370 e. The van der Waals surface area contributed by atoms with Gasteiger partial charge >= 0.3 is 0 Å². The third-order valence-electron chi connectivity index (χ3n) is 2.22. The highest BCUT2D eigenvalue weighted by Crippen LogP contribution is 2.17. The molecule has 3 N–H and O–H groups in total. The highest BCUT2D eigenvalue weighted by Gasteiger charge is 2.09. The molecule has 4 nitrogen and oxygen atoms in total. The van der Waals surface area contributed by atoms with Crippen LogP contribution in [-0.4, -0.2) is 25.7 Å². The number of nitrogens with two attached hydrogens (primary N) is 1. The predicted molar refractivity (Wildman–Crippen MR) is 70.6 cm³/mol. The van der Waals surface area contributed by atoms with E-state index in [9.17, 15) is 4.79 Å². The fraction of sp³-hybridized carbons (Fsp3) is 0.417. The highest BCUT2D eigenvalue weighted by atomic mass is 79.9. The Bertz CT molecular complexity index is 371. The molecule has 1 aromatic rings. The van der Waals surface area contributed by atoms with Crippen molar-refractivity contribution in [3.63, 3.8) is 0 Å². The molecule has 0 aliphatic heterocycles. The number of ether oxygens (including phenoxy) is 1. The van der Waals surface area contributed by atoms with E-state index in [0.717, 1.165) is 10.0 Å². The second-order valence-electron chi connectivity index (χ2n) is 3.69. The van der Waals surface area contributed by atoms with Crippen molar-refractivity contribution in [2.75, 3.05) is 19.8 Å². The second-order valence-corrected chi connectivity index (χ2v) is 4.60. The number of carbonyl (C=O) groups is 1. The van der Waals surface area contributed by atoms with Crippen LogP contribution in [0.15, 0.2) is 28.7 Å². The van der Waals surface area contributed by atoms with Crippen LogP contribution < -0.4 is 11.1 Å². The van der Waals surface area contributed by atoms with E-state index >= 15 is 0 Å². The van der Waals surface area contributed by atoms with Crippen LogP contribution in [0.2, 0.25) is 0 Å². The van der Waals surface area contributed by atoms with Gasteiger partial charge in [-0.3, -0.25) is 4.79 Å². The molecule has 0 heterocycles. The number of nitrogens with one attached hydrogen (secondary N) is 1. The molecule has 0 bridgehead atoms. The number of benzene rings is 1. The standard InChI is InChI=1S/C12H17BrN2O2/c1-9(10-3-2-4-11(13)7-10)15-12(16)8-17-6-5-14/h2-4,7,9H,5-6,8,14H2,1H3,(H,15,16)/t9-/m0/s1. The molecule has 0 spiro atoms. The van der Waals surface area contributed by atoms with Crippen molar-refractivity contribution in [2.24, 2.45) is 5.73 Å². The number of rotatable bonds is 6. The first-order valence-corrected chi connectivity index (χ1v) is 6.25. The third kappa shape index (κ3) is 5.30. The van der Waals surface area contributed by atoms with E-state index < -0.39 is 0 Å². The van der Waals surface area contributed by atoms with Crippen LogP contribution in [0.4, 0.5) is 0 Å². The van der Waals surface area contributed by atoms with E-state index in [1.54, 1.807) is 0 Å². The number of amides is 1. The quantitative estimate of drug-likeness (QED) is 0.785. The van der Waals surface area contributed by atoms with Crippen LogP contribution >= 0.6 is 15.9 Å². The summed E-state index contributed by atoms with van der Waals surface area (Å²) in [4.78, 5) is 11.5. The summed E-state index contributed by atoms with van der Waals surface area (Å²) in [6, 6.07) is 7.79. The molecule has 1 aromatic carbocycles. The maximum Gasteiger partial charge on any atom is 0.246 e. The Morgan fingerprint density at radius 2 is 2.35 bits per heavy atom. The van der Waals surface area contributed by atoms with Crippen LogP contribution in [0.1, 0.15) is 18.5 Å². The minimum absolute atomic E-state index is 0.0403. The molecular formula is C12H17BrN2O2. The van der Waals surface area contributed by atoms with E-state index in [2.05, 4.69) is 21.2 Å². The molecule has 17 heavy (non-hydrogen) atoms. The van der Waals surface area contributed by atoms with Crippen molar-refractivity contribution in [2.45, 2.75) is 13.0 Å². The summed E-state index contributed by atoms with van der Waals surface area (Å²) >= 11 is 3.40. The van der Waals surface area contributed by atoms with Crippen molar-refractivity contribution in [1.82, 2.24) is 5.32 Å². The summed E-state index contributed by atoms with van der Waals surface area (Å²) < 4.78 is 6.05. The van der Waals surface area contributed by atoms with Gasteiger partial charge in [-0.1, -0.05) is 28.1 Å². The Kier molecular flexibility index (Phi) is 6.18. The van der Waals surface area contributed by atoms with Crippen molar-refractivity contribution in [3.05, 3.63) is 34.3 Å². The predicted octanol–water partition coefficient (Wildman–Crippen LogP) is 1.60. The molecule has 94 valence electrons. The first-order chi connectivity index (χ1) is 8.13. The Balaban J connectivity index is 2.43. The Morgan fingerprint density at radius 1 is 1.59 bits per heavy atom. The minimum atomic E-state index is -0.133. The number of halogens is 1. The zero-order chi connectivity index (χ0) is 12.7. The monoisotopic (exact) mass is 300 g/mol. The smallest absolute Gasteiger partial charge is 0.246 e. The molecule has 0 radical (unpaired) electrons. The van der Waals surface area contributed by atoms with Crippen LogP contribution in [0.25, 0.3) is 0 Å². The second kappa shape index (κ2) is 7.42. The average molecular weight is 301 g/mol. The lowest BCUT2D eigenvalue weighted by molar-refractivity contribution is -0.126. The maximum atomic E-state index is 11.5. The summed E-state index contributed by atoms with van der Waals surface area (Å²) in [7, 11) is 0. The van der Waals surface area contributed by atoms with Gasteiger partial charge in [0, 0.05) is 11.0 Å². The lowest BCUT2D eigenvalue weighted by Gasteiger charge is -2.14. The molecule has 5 heteroatoms. The van der Waals surface area contributed by atoms with E-state index in [1.165, 1.54) is 0 Å². The lowest BCUT2D eigenvalue weighted by Crippen LogP contribution is -2.30.